The summed E-state index contributed by atoms with van der Waals surface area (Å²) in [6.45, 7) is 7.96. The number of nitrogens with zero attached hydrogens (tertiary/aromatic N) is 2. The van der Waals surface area contributed by atoms with Crippen LogP contribution in [0.4, 0.5) is 10.5 Å². The van der Waals surface area contributed by atoms with Gasteiger partial charge in [0.1, 0.15) is 0 Å². The number of amides is 2. The minimum atomic E-state index is -0.148. The summed E-state index contributed by atoms with van der Waals surface area (Å²) in [5.74, 6) is 0. The fourth-order valence-electron chi connectivity index (χ4n) is 3.85. The highest BCUT2D eigenvalue weighted by Gasteiger charge is 2.32. The van der Waals surface area contributed by atoms with Gasteiger partial charge in [-0.1, -0.05) is 56.6 Å². The van der Waals surface area contributed by atoms with E-state index in [1.54, 1.807) is 0 Å². The van der Waals surface area contributed by atoms with Crippen LogP contribution >= 0.6 is 11.6 Å². The number of halogens is 1. The first-order chi connectivity index (χ1) is 13.8. The van der Waals surface area contributed by atoms with Gasteiger partial charge in [0.2, 0.25) is 0 Å². The third-order valence-electron chi connectivity index (χ3n) is 5.49. The molecule has 1 unspecified atom stereocenters. The predicted molar refractivity (Wildman–Crippen MR) is 119 cm³/mol. The molecule has 1 aliphatic rings. The minimum absolute atomic E-state index is 0.0838. The van der Waals surface area contributed by atoms with Crippen molar-refractivity contribution in [1.82, 2.24) is 9.47 Å². The number of nitrogens with one attached hydrogen (secondary N) is 1. The molecule has 1 N–H and O–H groups in total. The molecule has 0 aliphatic carbocycles. The van der Waals surface area contributed by atoms with Crippen LogP contribution in [0.2, 0.25) is 5.02 Å². The van der Waals surface area contributed by atoms with Gasteiger partial charge in [0.25, 0.3) is 0 Å². The highest BCUT2D eigenvalue weighted by molar-refractivity contribution is 6.30. The molecular weight excluding hydrogens is 382 g/mol. The van der Waals surface area contributed by atoms with E-state index in [1.165, 1.54) is 5.56 Å². The zero-order chi connectivity index (χ0) is 20.6. The third kappa shape index (κ3) is 4.03. The molecule has 4 nitrogen and oxygen atoms in total. The third-order valence-corrected chi connectivity index (χ3v) is 5.74. The maximum Gasteiger partial charge on any atom is 0.322 e. The smallest absolute Gasteiger partial charge is 0.322 e. The Bertz CT molecular complexity index is 1000. The van der Waals surface area contributed by atoms with Crippen molar-refractivity contribution in [3.05, 3.63) is 88.7 Å². The number of anilines is 1. The monoisotopic (exact) mass is 407 g/mol. The van der Waals surface area contributed by atoms with E-state index in [4.69, 9.17) is 11.6 Å². The van der Waals surface area contributed by atoms with Crippen LogP contribution in [0.25, 0.3) is 0 Å². The molecule has 0 saturated heterocycles. The Kier molecular flexibility index (Phi) is 5.13. The molecule has 2 amide bonds. The molecule has 1 atom stereocenters. The Hall–Kier alpha value is -2.72. The molecule has 1 aliphatic heterocycles. The van der Waals surface area contributed by atoms with Crippen molar-refractivity contribution < 1.29 is 4.79 Å². The van der Waals surface area contributed by atoms with Crippen molar-refractivity contribution in [2.24, 2.45) is 0 Å². The number of aromatic nitrogens is 1. The number of hydrogen-bond donors (Lipinski definition) is 1. The largest absolute Gasteiger partial charge is 0.348 e. The van der Waals surface area contributed by atoms with Gasteiger partial charge in [0, 0.05) is 35.7 Å². The molecule has 29 heavy (non-hydrogen) atoms. The Morgan fingerprint density at radius 3 is 2.34 bits per heavy atom. The van der Waals surface area contributed by atoms with Crippen LogP contribution in [0.1, 0.15) is 43.6 Å². The first-order valence-electron chi connectivity index (χ1n) is 9.91. The van der Waals surface area contributed by atoms with Crippen molar-refractivity contribution >= 4 is 23.3 Å². The number of hydrogen-bond acceptors (Lipinski definition) is 1. The molecular formula is C24H26ClN3O. The number of fused-ring (bicyclic) bond motifs is 1. The average Bonchev–Trinajstić information content (AvgIpc) is 3.16. The molecule has 2 heterocycles. The number of benzene rings is 2. The summed E-state index contributed by atoms with van der Waals surface area (Å²) in [7, 11) is 0. The lowest BCUT2D eigenvalue weighted by atomic mass is 9.87. The molecule has 0 bridgehead atoms. The van der Waals surface area contributed by atoms with E-state index in [0.717, 1.165) is 23.5 Å². The highest BCUT2D eigenvalue weighted by atomic mass is 35.5. The lowest BCUT2D eigenvalue weighted by molar-refractivity contribution is 0.182. The van der Waals surface area contributed by atoms with E-state index < -0.39 is 0 Å². The molecule has 0 saturated carbocycles. The fourth-order valence-corrected chi connectivity index (χ4v) is 3.97. The Morgan fingerprint density at radius 1 is 1.00 bits per heavy atom. The van der Waals surface area contributed by atoms with Crippen molar-refractivity contribution in [3.63, 3.8) is 0 Å². The normalized spacial score (nSPS) is 16.4. The van der Waals surface area contributed by atoms with Crippen LogP contribution in [0, 0.1) is 0 Å². The Balaban J connectivity index is 1.60. The van der Waals surface area contributed by atoms with Gasteiger partial charge in [-0.2, -0.15) is 0 Å². The molecule has 3 aromatic rings. The van der Waals surface area contributed by atoms with Gasteiger partial charge in [0.15, 0.2) is 0 Å². The lowest BCUT2D eigenvalue weighted by Gasteiger charge is -2.37. The molecule has 1 aromatic heterocycles. The van der Waals surface area contributed by atoms with E-state index in [2.05, 4.69) is 55.1 Å². The van der Waals surface area contributed by atoms with E-state index in [0.29, 0.717) is 11.6 Å². The van der Waals surface area contributed by atoms with Crippen LogP contribution in [0.5, 0.6) is 0 Å². The van der Waals surface area contributed by atoms with Crippen molar-refractivity contribution in [2.75, 3.05) is 11.9 Å². The van der Waals surface area contributed by atoms with Gasteiger partial charge >= 0.3 is 6.03 Å². The zero-order valence-electron chi connectivity index (χ0n) is 17.0. The zero-order valence-corrected chi connectivity index (χ0v) is 17.8. The highest BCUT2D eigenvalue weighted by Crippen LogP contribution is 2.33. The summed E-state index contributed by atoms with van der Waals surface area (Å²) >= 11 is 6.08. The fraction of sp³-hybridized carbons (Fsp3) is 0.292. The summed E-state index contributed by atoms with van der Waals surface area (Å²) in [6, 6.07) is 19.7. The summed E-state index contributed by atoms with van der Waals surface area (Å²) in [4.78, 5) is 15.1. The van der Waals surface area contributed by atoms with Gasteiger partial charge in [-0.05, 0) is 52.9 Å². The second-order valence-electron chi connectivity index (χ2n) is 8.53. The molecule has 0 fully saturated rings. The summed E-state index contributed by atoms with van der Waals surface area (Å²) in [5.41, 5.74) is 4.29. The molecule has 0 radical (unpaired) electrons. The molecule has 5 heteroatoms. The van der Waals surface area contributed by atoms with Crippen LogP contribution in [-0.4, -0.2) is 22.0 Å². The van der Waals surface area contributed by atoms with Gasteiger partial charge in [0.05, 0.1) is 6.04 Å². The van der Waals surface area contributed by atoms with Gasteiger partial charge in [-0.15, -0.1) is 0 Å². The van der Waals surface area contributed by atoms with Crippen molar-refractivity contribution in [1.29, 1.82) is 0 Å². The quantitative estimate of drug-likeness (QED) is 0.549. The average molecular weight is 408 g/mol. The van der Waals surface area contributed by atoms with Crippen LogP contribution in [0.15, 0.2) is 66.9 Å². The number of urea groups is 1. The minimum Gasteiger partial charge on any atom is -0.348 e. The molecule has 2 aromatic carbocycles. The maximum absolute atomic E-state index is 13.2. The predicted octanol–water partition coefficient (Wildman–Crippen LogP) is 6.08. The second-order valence-corrected chi connectivity index (χ2v) is 8.97. The molecule has 4 rings (SSSR count). The molecule has 150 valence electrons. The molecule has 0 spiro atoms. The second kappa shape index (κ2) is 7.60. The Labute approximate surface area is 177 Å². The van der Waals surface area contributed by atoms with Gasteiger partial charge < -0.3 is 14.8 Å². The number of rotatable bonds is 2. The van der Waals surface area contributed by atoms with E-state index in [1.807, 2.05) is 47.4 Å². The number of carbonyl (C=O) groups excluding carboxylic acids is 1. The summed E-state index contributed by atoms with van der Waals surface area (Å²) in [5, 5.41) is 3.77. The van der Waals surface area contributed by atoms with E-state index in [9.17, 15) is 4.79 Å². The SMILES string of the molecule is CC(C)(C)c1ccc(NC(=O)N2CCn3cccc3C2c2ccc(Cl)cc2)cc1. The van der Waals surface area contributed by atoms with Gasteiger partial charge in [-0.25, -0.2) is 4.79 Å². The standard InChI is InChI=1S/C24H26ClN3O/c1-24(2,3)18-8-12-20(13-9-18)26-23(29)28-16-15-27-14-4-5-21(27)22(28)17-6-10-19(25)11-7-17/h4-14,22H,15-16H2,1-3H3,(H,26,29). The van der Waals surface area contributed by atoms with Crippen LogP contribution in [-0.2, 0) is 12.0 Å². The first kappa shape index (κ1) is 19.6. The summed E-state index contributed by atoms with van der Waals surface area (Å²) in [6.07, 6.45) is 2.07. The Morgan fingerprint density at radius 2 is 1.69 bits per heavy atom. The van der Waals surface area contributed by atoms with Crippen LogP contribution in [0.3, 0.4) is 0 Å². The topological polar surface area (TPSA) is 37.3 Å². The maximum atomic E-state index is 13.2. The van der Waals surface area contributed by atoms with Crippen LogP contribution < -0.4 is 5.32 Å². The van der Waals surface area contributed by atoms with E-state index >= 15 is 0 Å². The summed E-state index contributed by atoms with van der Waals surface area (Å²) < 4.78 is 2.21. The first-order valence-corrected chi connectivity index (χ1v) is 10.3. The van der Waals surface area contributed by atoms with Crippen molar-refractivity contribution in [3.8, 4) is 0 Å². The van der Waals surface area contributed by atoms with E-state index in [-0.39, 0.29) is 17.5 Å². The van der Waals surface area contributed by atoms with Gasteiger partial charge in [-0.3, -0.25) is 0 Å². The number of carbonyl (C=O) groups is 1. The van der Waals surface area contributed by atoms with Crippen molar-refractivity contribution in [2.45, 2.75) is 38.8 Å². The lowest BCUT2D eigenvalue weighted by Crippen LogP contribution is -2.44.